The first-order chi connectivity index (χ1) is 12.9. The van der Waals surface area contributed by atoms with E-state index >= 15 is 0 Å². The molecule has 0 saturated carbocycles. The number of pyridine rings is 2. The quantitative estimate of drug-likeness (QED) is 0.278. The van der Waals surface area contributed by atoms with Crippen LogP contribution in [0.5, 0.6) is 11.5 Å². The Kier molecular flexibility index (Phi) is 5.51. The minimum atomic E-state index is -1.56. The van der Waals surface area contributed by atoms with E-state index in [2.05, 4.69) is 15.1 Å². The van der Waals surface area contributed by atoms with Crippen LogP contribution < -0.4 is 4.74 Å². The molecule has 0 amide bonds. The average molecular weight is 377 g/mol. The van der Waals surface area contributed by atoms with Crippen LogP contribution >= 0.6 is 0 Å². The van der Waals surface area contributed by atoms with E-state index < -0.39 is 30.7 Å². The van der Waals surface area contributed by atoms with Gasteiger partial charge in [0.2, 0.25) is 6.29 Å². The van der Waals surface area contributed by atoms with Gasteiger partial charge in [-0.15, -0.1) is 0 Å². The third kappa shape index (κ3) is 3.83. The normalized spacial score (nSPS) is 28.4. The van der Waals surface area contributed by atoms with Gasteiger partial charge in [0.15, 0.2) is 11.5 Å². The third-order valence-electron chi connectivity index (χ3n) is 4.13. The molecule has 0 radical (unpaired) electrons. The van der Waals surface area contributed by atoms with Gasteiger partial charge in [-0.25, -0.2) is 4.98 Å². The van der Waals surface area contributed by atoms with Gasteiger partial charge >= 0.3 is 0 Å². The predicted molar refractivity (Wildman–Crippen MR) is 91.5 cm³/mol. The van der Waals surface area contributed by atoms with E-state index in [0.717, 1.165) is 6.21 Å². The number of nitrogens with zero attached hydrogens (tertiary/aromatic N) is 3. The van der Waals surface area contributed by atoms with Crippen LogP contribution in [0.4, 0.5) is 0 Å². The molecule has 27 heavy (non-hydrogen) atoms. The van der Waals surface area contributed by atoms with Crippen LogP contribution in [-0.4, -0.2) is 72.5 Å². The van der Waals surface area contributed by atoms with Crippen LogP contribution in [0.1, 0.15) is 12.6 Å². The summed E-state index contributed by atoms with van der Waals surface area (Å²) in [5.74, 6) is -0.520. The van der Waals surface area contributed by atoms with Crippen molar-refractivity contribution < 1.29 is 35.1 Å². The predicted octanol–water partition coefficient (Wildman–Crippen LogP) is -0.136. The fraction of sp³-hybridized carbons (Fsp3) is 0.353. The summed E-state index contributed by atoms with van der Waals surface area (Å²) in [5.41, 5.74) is 0.536. The highest BCUT2D eigenvalue weighted by molar-refractivity contribution is 5.80. The van der Waals surface area contributed by atoms with Crippen molar-refractivity contribution in [2.24, 2.45) is 5.16 Å². The number of hydrogen-bond donors (Lipinski definition) is 5. The maximum absolute atomic E-state index is 10.6. The van der Waals surface area contributed by atoms with Gasteiger partial charge in [0.25, 0.3) is 0 Å². The first kappa shape index (κ1) is 19.0. The van der Waals surface area contributed by atoms with Crippen molar-refractivity contribution >= 4 is 6.21 Å². The molecule has 0 aromatic carbocycles. The molecule has 2 aromatic heterocycles. The number of aromatic hydroxyl groups is 1. The van der Waals surface area contributed by atoms with Crippen LogP contribution in [0.15, 0.2) is 35.6 Å². The lowest BCUT2D eigenvalue weighted by atomic mass is 10.00. The van der Waals surface area contributed by atoms with Crippen molar-refractivity contribution in [3.05, 3.63) is 36.2 Å². The van der Waals surface area contributed by atoms with Gasteiger partial charge in [0, 0.05) is 12.3 Å². The number of aliphatic hydroxyl groups is 3. The zero-order valence-corrected chi connectivity index (χ0v) is 14.2. The smallest absolute Gasteiger partial charge is 0.229 e. The summed E-state index contributed by atoms with van der Waals surface area (Å²) in [6.45, 7) is 1.51. The standard InChI is InChI=1S/C17H19N3O7/c1-8-13(21)15(23)16(24)17(26-8)27-11-6-9(7-19-25)20-12(14(11)22)10-4-2-3-5-18-10/h2-8,13,15-17,21-25H,1H3/b19-7+/t8-,13-,15+,16+,17-/m0/s1. The fourth-order valence-corrected chi connectivity index (χ4v) is 2.67. The molecule has 144 valence electrons. The summed E-state index contributed by atoms with van der Waals surface area (Å²) >= 11 is 0. The van der Waals surface area contributed by atoms with Crippen molar-refractivity contribution in [2.45, 2.75) is 37.6 Å². The van der Waals surface area contributed by atoms with Crippen LogP contribution in [0.25, 0.3) is 11.4 Å². The van der Waals surface area contributed by atoms with Crippen LogP contribution in [0, 0.1) is 0 Å². The summed E-state index contributed by atoms with van der Waals surface area (Å²) < 4.78 is 10.9. The van der Waals surface area contributed by atoms with Crippen molar-refractivity contribution in [2.75, 3.05) is 0 Å². The minimum Gasteiger partial charge on any atom is -0.503 e. The molecule has 2 aromatic rings. The number of rotatable bonds is 4. The van der Waals surface area contributed by atoms with Gasteiger partial charge in [-0.2, -0.15) is 0 Å². The summed E-state index contributed by atoms with van der Waals surface area (Å²) in [6.07, 6.45) is -3.97. The number of ether oxygens (including phenoxy) is 2. The monoisotopic (exact) mass is 377 g/mol. The molecule has 5 atom stereocenters. The first-order valence-corrected chi connectivity index (χ1v) is 8.11. The molecule has 1 fully saturated rings. The molecule has 0 bridgehead atoms. The molecule has 3 heterocycles. The highest BCUT2D eigenvalue weighted by Crippen LogP contribution is 2.37. The number of aliphatic hydroxyl groups excluding tert-OH is 3. The molecule has 5 N–H and O–H groups in total. The first-order valence-electron chi connectivity index (χ1n) is 8.11. The zero-order valence-electron chi connectivity index (χ0n) is 14.2. The van der Waals surface area contributed by atoms with Gasteiger partial charge in [0.1, 0.15) is 24.0 Å². The Morgan fingerprint density at radius 3 is 2.63 bits per heavy atom. The van der Waals surface area contributed by atoms with Crippen molar-refractivity contribution in [1.29, 1.82) is 0 Å². The highest BCUT2D eigenvalue weighted by atomic mass is 16.7. The maximum Gasteiger partial charge on any atom is 0.229 e. The Morgan fingerprint density at radius 1 is 1.19 bits per heavy atom. The minimum absolute atomic E-state index is 0.0573. The lowest BCUT2D eigenvalue weighted by Gasteiger charge is -2.38. The number of hydrogen-bond acceptors (Lipinski definition) is 10. The lowest BCUT2D eigenvalue weighted by Crippen LogP contribution is -2.58. The zero-order chi connectivity index (χ0) is 19.6. The van der Waals surface area contributed by atoms with Gasteiger partial charge in [-0.05, 0) is 19.1 Å². The second-order valence-electron chi connectivity index (χ2n) is 6.00. The van der Waals surface area contributed by atoms with Gasteiger partial charge in [0.05, 0.1) is 23.7 Å². The SMILES string of the molecule is C[C@@H]1O[C@@H](Oc2cc(/C=N/O)nc(-c3ccccn3)c2O)[C@H](O)[C@H](O)[C@H]1O. The molecule has 1 aliphatic heterocycles. The van der Waals surface area contributed by atoms with Gasteiger partial charge in [-0.3, -0.25) is 4.98 Å². The Hall–Kier alpha value is -2.79. The van der Waals surface area contributed by atoms with E-state index in [0.29, 0.717) is 5.69 Å². The summed E-state index contributed by atoms with van der Waals surface area (Å²) in [6, 6.07) is 6.26. The lowest BCUT2D eigenvalue weighted by molar-refractivity contribution is -0.268. The van der Waals surface area contributed by atoms with Crippen molar-refractivity contribution in [3.63, 3.8) is 0 Å². The molecule has 10 nitrogen and oxygen atoms in total. The van der Waals surface area contributed by atoms with Crippen LogP contribution in [0.2, 0.25) is 0 Å². The third-order valence-corrected chi connectivity index (χ3v) is 4.13. The van der Waals surface area contributed by atoms with E-state index in [1.165, 1.54) is 19.2 Å². The number of oxime groups is 1. The Balaban J connectivity index is 1.98. The molecule has 0 unspecified atom stereocenters. The van der Waals surface area contributed by atoms with E-state index in [1.54, 1.807) is 18.2 Å². The van der Waals surface area contributed by atoms with E-state index in [4.69, 9.17) is 14.7 Å². The molecule has 1 saturated heterocycles. The largest absolute Gasteiger partial charge is 0.503 e. The van der Waals surface area contributed by atoms with Crippen molar-refractivity contribution in [3.8, 4) is 22.9 Å². The highest BCUT2D eigenvalue weighted by Gasteiger charge is 2.43. The molecular formula is C17H19N3O7. The average Bonchev–Trinajstić information content (AvgIpc) is 2.67. The topological polar surface area (TPSA) is 158 Å². The van der Waals surface area contributed by atoms with Crippen LogP contribution in [-0.2, 0) is 4.74 Å². The number of aromatic nitrogens is 2. The molecule has 0 aliphatic carbocycles. The van der Waals surface area contributed by atoms with Crippen molar-refractivity contribution in [1.82, 2.24) is 9.97 Å². The summed E-state index contributed by atoms with van der Waals surface area (Å²) in [5, 5.41) is 52.0. The van der Waals surface area contributed by atoms with Crippen LogP contribution in [0.3, 0.4) is 0 Å². The van der Waals surface area contributed by atoms with E-state index in [1.807, 2.05) is 0 Å². The van der Waals surface area contributed by atoms with Gasteiger partial charge < -0.3 is 35.1 Å². The van der Waals surface area contributed by atoms with Gasteiger partial charge in [-0.1, -0.05) is 11.2 Å². The Morgan fingerprint density at radius 2 is 1.96 bits per heavy atom. The summed E-state index contributed by atoms with van der Waals surface area (Å²) in [7, 11) is 0. The second kappa shape index (κ2) is 7.84. The summed E-state index contributed by atoms with van der Waals surface area (Å²) in [4.78, 5) is 8.26. The molecule has 1 aliphatic rings. The maximum atomic E-state index is 10.6. The molecular weight excluding hydrogens is 358 g/mol. The molecule has 3 rings (SSSR count). The molecule has 0 spiro atoms. The Labute approximate surface area is 154 Å². The van der Waals surface area contributed by atoms with E-state index in [9.17, 15) is 20.4 Å². The van der Waals surface area contributed by atoms with E-state index in [-0.39, 0.29) is 22.9 Å². The molecule has 10 heteroatoms. The second-order valence-corrected chi connectivity index (χ2v) is 6.00. The Bertz CT molecular complexity index is 818. The fourth-order valence-electron chi connectivity index (χ4n) is 2.67.